The van der Waals surface area contributed by atoms with Gasteiger partial charge in [0.2, 0.25) is 5.91 Å². The molecule has 1 amide bonds. The third-order valence-corrected chi connectivity index (χ3v) is 3.23. The summed E-state index contributed by atoms with van der Waals surface area (Å²) in [6.45, 7) is 2.45. The topological polar surface area (TPSA) is 59.2 Å². The lowest BCUT2D eigenvalue weighted by atomic mass is 10.1. The lowest BCUT2D eigenvalue weighted by molar-refractivity contribution is -0.119. The summed E-state index contributed by atoms with van der Waals surface area (Å²) in [7, 11) is 0. The zero-order valence-electron chi connectivity index (χ0n) is 10.0. The average Bonchev–Trinajstić information content (AvgIpc) is 2.83. The highest BCUT2D eigenvalue weighted by Crippen LogP contribution is 2.28. The second-order valence-corrected chi connectivity index (χ2v) is 4.34. The Kier molecular flexibility index (Phi) is 2.59. The Balaban J connectivity index is 1.97. The summed E-state index contributed by atoms with van der Waals surface area (Å²) in [6, 6.07) is 3.71. The van der Waals surface area contributed by atoms with Gasteiger partial charge in [0.1, 0.15) is 5.76 Å². The molecule has 2 aromatic heterocycles. The minimum atomic E-state index is -0.301. The zero-order valence-corrected chi connectivity index (χ0v) is 10.0. The molecular weight excluding hydrogens is 230 g/mol. The second-order valence-electron chi connectivity index (χ2n) is 4.34. The first kappa shape index (κ1) is 11.0. The fraction of sp³-hybridized carbons (Fsp3) is 0.308. The van der Waals surface area contributed by atoms with Crippen LogP contribution in [0.5, 0.6) is 0 Å². The van der Waals surface area contributed by atoms with E-state index in [1.54, 1.807) is 17.3 Å². The van der Waals surface area contributed by atoms with E-state index in [0.717, 1.165) is 11.4 Å². The minimum absolute atomic E-state index is 0.0264. The van der Waals surface area contributed by atoms with Gasteiger partial charge in [-0.1, -0.05) is 0 Å². The summed E-state index contributed by atoms with van der Waals surface area (Å²) in [5.74, 6) is 0.412. The van der Waals surface area contributed by atoms with Crippen molar-refractivity contribution in [3.8, 4) is 0 Å². The lowest BCUT2D eigenvalue weighted by Gasteiger charge is -2.22. The average molecular weight is 243 g/mol. The maximum absolute atomic E-state index is 12.4. The summed E-state index contributed by atoms with van der Waals surface area (Å²) < 4.78 is 5.33. The Morgan fingerprint density at radius 2 is 2.39 bits per heavy atom. The quantitative estimate of drug-likeness (QED) is 0.765. The molecule has 1 unspecified atom stereocenters. The smallest absolute Gasteiger partial charge is 0.237 e. The van der Waals surface area contributed by atoms with Crippen molar-refractivity contribution in [2.24, 2.45) is 0 Å². The molecule has 0 N–H and O–H groups in total. The second kappa shape index (κ2) is 4.25. The van der Waals surface area contributed by atoms with Gasteiger partial charge in [-0.25, -0.2) is 4.98 Å². The first-order valence-corrected chi connectivity index (χ1v) is 5.91. The van der Waals surface area contributed by atoms with E-state index < -0.39 is 0 Å². The van der Waals surface area contributed by atoms with Gasteiger partial charge < -0.3 is 9.32 Å². The van der Waals surface area contributed by atoms with Gasteiger partial charge in [-0.05, 0) is 19.1 Å². The number of anilines is 1. The van der Waals surface area contributed by atoms with Crippen molar-refractivity contribution < 1.29 is 9.21 Å². The van der Waals surface area contributed by atoms with Gasteiger partial charge in [-0.3, -0.25) is 9.78 Å². The molecular formula is C13H13N3O2. The van der Waals surface area contributed by atoms with Crippen LogP contribution in [0.4, 0.5) is 5.69 Å². The van der Waals surface area contributed by atoms with Crippen LogP contribution in [-0.4, -0.2) is 22.4 Å². The first-order chi connectivity index (χ1) is 8.77. The predicted molar refractivity (Wildman–Crippen MR) is 65.2 cm³/mol. The molecule has 0 fully saturated rings. The SMILES string of the molecule is CC1C(=O)N(c2cccnc2)CCc2ncoc21. The van der Waals surface area contributed by atoms with Crippen LogP contribution in [0.2, 0.25) is 0 Å². The number of oxazole rings is 1. The van der Waals surface area contributed by atoms with Crippen molar-refractivity contribution in [3.05, 3.63) is 42.4 Å². The highest BCUT2D eigenvalue weighted by molar-refractivity contribution is 5.98. The standard InChI is InChI=1S/C13H13N3O2/c1-9-12-11(15-8-18-12)4-6-16(13(9)17)10-3-2-5-14-7-10/h2-3,5,7-9H,4,6H2,1H3. The number of fused-ring (bicyclic) bond motifs is 1. The lowest BCUT2D eigenvalue weighted by Crippen LogP contribution is -2.33. The molecule has 1 atom stereocenters. The molecule has 0 radical (unpaired) electrons. The van der Waals surface area contributed by atoms with E-state index in [4.69, 9.17) is 4.42 Å². The molecule has 5 nitrogen and oxygen atoms in total. The fourth-order valence-electron chi connectivity index (χ4n) is 2.26. The Bertz CT molecular complexity index is 565. The van der Waals surface area contributed by atoms with Crippen LogP contribution in [0.25, 0.3) is 0 Å². The van der Waals surface area contributed by atoms with Gasteiger partial charge >= 0.3 is 0 Å². The van der Waals surface area contributed by atoms with E-state index in [2.05, 4.69) is 9.97 Å². The highest BCUT2D eigenvalue weighted by atomic mass is 16.3. The summed E-state index contributed by atoms with van der Waals surface area (Å²) in [4.78, 5) is 22.4. The van der Waals surface area contributed by atoms with Gasteiger partial charge in [0.25, 0.3) is 0 Å². The maximum atomic E-state index is 12.4. The molecule has 1 aliphatic rings. The summed E-state index contributed by atoms with van der Waals surface area (Å²) in [5.41, 5.74) is 1.70. The molecule has 2 aromatic rings. The van der Waals surface area contributed by atoms with E-state index in [1.165, 1.54) is 6.39 Å². The van der Waals surface area contributed by atoms with Crippen LogP contribution >= 0.6 is 0 Å². The van der Waals surface area contributed by atoms with E-state index >= 15 is 0 Å². The zero-order chi connectivity index (χ0) is 12.5. The molecule has 0 bridgehead atoms. The number of carbonyl (C=O) groups is 1. The Morgan fingerprint density at radius 1 is 1.50 bits per heavy atom. The molecule has 0 saturated heterocycles. The number of hydrogen-bond acceptors (Lipinski definition) is 4. The van der Waals surface area contributed by atoms with Crippen LogP contribution in [0.3, 0.4) is 0 Å². The van der Waals surface area contributed by atoms with Crippen LogP contribution in [0.1, 0.15) is 24.3 Å². The van der Waals surface area contributed by atoms with Crippen molar-refractivity contribution in [1.82, 2.24) is 9.97 Å². The molecule has 0 aromatic carbocycles. The number of aromatic nitrogens is 2. The Morgan fingerprint density at radius 3 is 3.17 bits per heavy atom. The minimum Gasteiger partial charge on any atom is -0.447 e. The third kappa shape index (κ3) is 1.68. The summed E-state index contributed by atoms with van der Waals surface area (Å²) >= 11 is 0. The summed E-state index contributed by atoms with van der Waals surface area (Å²) in [6.07, 6.45) is 5.51. The fourth-order valence-corrected chi connectivity index (χ4v) is 2.26. The molecule has 5 heteroatoms. The van der Waals surface area contributed by atoms with Gasteiger partial charge in [-0.15, -0.1) is 0 Å². The molecule has 18 heavy (non-hydrogen) atoms. The molecule has 0 aliphatic carbocycles. The number of nitrogens with zero attached hydrogens (tertiary/aromatic N) is 3. The maximum Gasteiger partial charge on any atom is 0.237 e. The van der Waals surface area contributed by atoms with Crippen LogP contribution in [0.15, 0.2) is 35.3 Å². The van der Waals surface area contributed by atoms with Crippen molar-refractivity contribution >= 4 is 11.6 Å². The van der Waals surface area contributed by atoms with E-state index in [0.29, 0.717) is 18.7 Å². The molecule has 0 saturated carbocycles. The highest BCUT2D eigenvalue weighted by Gasteiger charge is 2.31. The molecule has 3 rings (SSSR count). The van der Waals surface area contributed by atoms with Crippen molar-refractivity contribution in [2.75, 3.05) is 11.4 Å². The molecule has 0 spiro atoms. The predicted octanol–water partition coefficient (Wildman–Crippen LogP) is 1.76. The van der Waals surface area contributed by atoms with Gasteiger partial charge in [0, 0.05) is 19.2 Å². The first-order valence-electron chi connectivity index (χ1n) is 5.91. The van der Waals surface area contributed by atoms with Crippen molar-refractivity contribution in [1.29, 1.82) is 0 Å². The number of carbonyl (C=O) groups excluding carboxylic acids is 1. The normalized spacial score (nSPS) is 19.5. The molecule has 92 valence electrons. The molecule has 3 heterocycles. The van der Waals surface area contributed by atoms with Crippen LogP contribution < -0.4 is 4.90 Å². The van der Waals surface area contributed by atoms with Gasteiger partial charge in [0.05, 0.1) is 23.5 Å². The van der Waals surface area contributed by atoms with Crippen LogP contribution in [-0.2, 0) is 11.2 Å². The van der Waals surface area contributed by atoms with E-state index in [-0.39, 0.29) is 11.8 Å². The number of hydrogen-bond donors (Lipinski definition) is 0. The summed E-state index contributed by atoms with van der Waals surface area (Å²) in [5, 5.41) is 0. The monoisotopic (exact) mass is 243 g/mol. The van der Waals surface area contributed by atoms with E-state index in [9.17, 15) is 4.79 Å². The third-order valence-electron chi connectivity index (χ3n) is 3.23. The van der Waals surface area contributed by atoms with Gasteiger partial charge in [0.15, 0.2) is 6.39 Å². The largest absolute Gasteiger partial charge is 0.447 e. The molecule has 1 aliphatic heterocycles. The number of rotatable bonds is 1. The van der Waals surface area contributed by atoms with E-state index in [1.807, 2.05) is 19.1 Å². The van der Waals surface area contributed by atoms with Crippen LogP contribution in [0, 0.1) is 0 Å². The Hall–Kier alpha value is -2.17. The van der Waals surface area contributed by atoms with Gasteiger partial charge in [-0.2, -0.15) is 0 Å². The van der Waals surface area contributed by atoms with Crippen molar-refractivity contribution in [3.63, 3.8) is 0 Å². The number of pyridine rings is 1. The number of amides is 1. The van der Waals surface area contributed by atoms with Crippen molar-refractivity contribution in [2.45, 2.75) is 19.3 Å². The Labute approximate surface area is 104 Å².